The fourth-order valence-corrected chi connectivity index (χ4v) is 2.71. The molecule has 0 fully saturated rings. The van der Waals surface area contributed by atoms with Gasteiger partial charge in [-0.3, -0.25) is 4.90 Å². The minimum atomic E-state index is -0.107. The maximum atomic E-state index is 6.55. The quantitative estimate of drug-likeness (QED) is 0.858. The average molecular weight is 264 g/mol. The van der Waals surface area contributed by atoms with E-state index in [0.717, 1.165) is 24.4 Å². The van der Waals surface area contributed by atoms with Gasteiger partial charge >= 0.3 is 0 Å². The molecular weight excluding hydrogens is 236 g/mol. The molecule has 3 nitrogen and oxygen atoms in total. The minimum absolute atomic E-state index is 0.0813. The Morgan fingerprint density at radius 3 is 2.32 bits per heavy atom. The molecule has 0 heterocycles. The summed E-state index contributed by atoms with van der Waals surface area (Å²) >= 11 is 0. The van der Waals surface area contributed by atoms with E-state index < -0.39 is 0 Å². The Balaban J connectivity index is 3.17. The normalized spacial score (nSPS) is 13.7. The van der Waals surface area contributed by atoms with E-state index in [1.54, 1.807) is 7.11 Å². The van der Waals surface area contributed by atoms with Gasteiger partial charge in [0.15, 0.2) is 0 Å². The zero-order chi connectivity index (χ0) is 14.6. The van der Waals surface area contributed by atoms with Crippen molar-refractivity contribution >= 4 is 0 Å². The van der Waals surface area contributed by atoms with E-state index in [-0.39, 0.29) is 11.6 Å². The lowest BCUT2D eigenvalue weighted by molar-refractivity contribution is 0.106. The lowest BCUT2D eigenvalue weighted by Crippen LogP contribution is -2.51. The van der Waals surface area contributed by atoms with Gasteiger partial charge in [-0.15, -0.1) is 0 Å². The summed E-state index contributed by atoms with van der Waals surface area (Å²) in [6.07, 6.45) is 0. The van der Waals surface area contributed by atoms with E-state index in [2.05, 4.69) is 51.7 Å². The van der Waals surface area contributed by atoms with Crippen LogP contribution in [0.1, 0.15) is 44.9 Å². The lowest BCUT2D eigenvalue weighted by Gasteiger charge is -2.42. The number of nitrogens with two attached hydrogens (primary N) is 1. The van der Waals surface area contributed by atoms with Crippen molar-refractivity contribution < 1.29 is 4.74 Å². The van der Waals surface area contributed by atoms with Crippen molar-refractivity contribution in [1.82, 2.24) is 4.90 Å². The zero-order valence-corrected chi connectivity index (χ0v) is 13.2. The van der Waals surface area contributed by atoms with Crippen molar-refractivity contribution in [1.29, 1.82) is 0 Å². The van der Waals surface area contributed by atoms with Gasteiger partial charge in [-0.25, -0.2) is 0 Å². The first-order valence-electron chi connectivity index (χ1n) is 7.03. The second-order valence-corrected chi connectivity index (χ2v) is 5.55. The fraction of sp³-hybridized carbons (Fsp3) is 0.625. The number of hydrogen-bond donors (Lipinski definition) is 1. The topological polar surface area (TPSA) is 38.5 Å². The summed E-state index contributed by atoms with van der Waals surface area (Å²) in [5.41, 5.74) is 8.73. The largest absolute Gasteiger partial charge is 0.496 e. The molecule has 1 unspecified atom stereocenters. The van der Waals surface area contributed by atoms with Gasteiger partial charge in [-0.2, -0.15) is 0 Å². The summed E-state index contributed by atoms with van der Waals surface area (Å²) in [7, 11) is 1.70. The number of nitrogens with zero attached hydrogens (tertiary/aromatic N) is 1. The molecule has 2 N–H and O–H groups in total. The van der Waals surface area contributed by atoms with Crippen LogP contribution < -0.4 is 10.5 Å². The second-order valence-electron chi connectivity index (χ2n) is 5.55. The van der Waals surface area contributed by atoms with Crippen LogP contribution in [0.25, 0.3) is 0 Å². The molecule has 19 heavy (non-hydrogen) atoms. The highest BCUT2D eigenvalue weighted by Gasteiger charge is 2.34. The Labute approximate surface area is 117 Å². The summed E-state index contributed by atoms with van der Waals surface area (Å²) in [5.74, 6) is 0.873. The molecule has 3 heteroatoms. The molecule has 1 atom stereocenters. The molecule has 1 aromatic rings. The van der Waals surface area contributed by atoms with Gasteiger partial charge in [-0.05, 0) is 39.9 Å². The maximum Gasteiger partial charge on any atom is 0.123 e. The number of methoxy groups -OCH3 is 1. The molecule has 1 aromatic carbocycles. The molecule has 0 amide bonds. The van der Waals surface area contributed by atoms with Crippen LogP contribution in [-0.2, 0) is 0 Å². The van der Waals surface area contributed by atoms with Gasteiger partial charge < -0.3 is 10.5 Å². The fourth-order valence-electron chi connectivity index (χ4n) is 2.71. The Kier molecular flexibility index (Phi) is 5.39. The highest BCUT2D eigenvalue weighted by atomic mass is 16.5. The van der Waals surface area contributed by atoms with E-state index in [9.17, 15) is 0 Å². The number of rotatable bonds is 6. The van der Waals surface area contributed by atoms with Gasteiger partial charge in [0.25, 0.3) is 0 Å². The van der Waals surface area contributed by atoms with Crippen LogP contribution >= 0.6 is 0 Å². The van der Waals surface area contributed by atoms with Crippen molar-refractivity contribution in [2.75, 3.05) is 20.2 Å². The summed E-state index contributed by atoms with van der Waals surface area (Å²) in [5, 5.41) is 0. The molecule has 0 aromatic heterocycles. The average Bonchev–Trinajstić information content (AvgIpc) is 2.38. The van der Waals surface area contributed by atoms with Crippen LogP contribution in [0.3, 0.4) is 0 Å². The van der Waals surface area contributed by atoms with E-state index in [0.29, 0.717) is 0 Å². The monoisotopic (exact) mass is 264 g/mol. The number of ether oxygens (including phenoxy) is 1. The third-order valence-corrected chi connectivity index (χ3v) is 4.06. The van der Waals surface area contributed by atoms with Crippen molar-refractivity contribution in [3.8, 4) is 5.75 Å². The first-order chi connectivity index (χ1) is 8.88. The van der Waals surface area contributed by atoms with Crippen LogP contribution in [0.5, 0.6) is 5.75 Å². The lowest BCUT2D eigenvalue weighted by atomic mass is 9.86. The smallest absolute Gasteiger partial charge is 0.123 e. The first kappa shape index (κ1) is 16.0. The van der Waals surface area contributed by atoms with Crippen LogP contribution in [-0.4, -0.2) is 30.6 Å². The van der Waals surface area contributed by atoms with Crippen molar-refractivity contribution in [2.45, 2.75) is 46.2 Å². The zero-order valence-electron chi connectivity index (χ0n) is 13.2. The summed E-state index contributed by atoms with van der Waals surface area (Å²) in [4.78, 5) is 2.39. The number of aryl methyl sites for hydroxylation is 1. The summed E-state index contributed by atoms with van der Waals surface area (Å²) < 4.78 is 5.47. The van der Waals surface area contributed by atoms with E-state index in [1.807, 2.05) is 6.07 Å². The Bertz CT molecular complexity index is 411. The van der Waals surface area contributed by atoms with Gasteiger partial charge in [-0.1, -0.05) is 31.5 Å². The minimum Gasteiger partial charge on any atom is -0.496 e. The number of hydrogen-bond acceptors (Lipinski definition) is 3. The molecule has 0 saturated heterocycles. The molecule has 0 radical (unpaired) electrons. The third kappa shape index (κ3) is 3.28. The third-order valence-electron chi connectivity index (χ3n) is 4.06. The second kappa shape index (κ2) is 6.40. The predicted molar refractivity (Wildman–Crippen MR) is 81.7 cm³/mol. The highest BCUT2D eigenvalue weighted by molar-refractivity contribution is 5.40. The molecule has 0 aliphatic heterocycles. The van der Waals surface area contributed by atoms with E-state index in [1.165, 1.54) is 5.56 Å². The Hall–Kier alpha value is -1.06. The van der Waals surface area contributed by atoms with Crippen LogP contribution in [0.2, 0.25) is 0 Å². The Morgan fingerprint density at radius 2 is 1.84 bits per heavy atom. The molecule has 0 spiro atoms. The van der Waals surface area contributed by atoms with Crippen LogP contribution in [0.4, 0.5) is 0 Å². The van der Waals surface area contributed by atoms with Gasteiger partial charge in [0, 0.05) is 11.1 Å². The van der Waals surface area contributed by atoms with Crippen molar-refractivity contribution in [3.63, 3.8) is 0 Å². The van der Waals surface area contributed by atoms with Gasteiger partial charge in [0.05, 0.1) is 13.2 Å². The van der Waals surface area contributed by atoms with E-state index in [4.69, 9.17) is 10.5 Å². The number of benzene rings is 1. The van der Waals surface area contributed by atoms with Gasteiger partial charge in [0.1, 0.15) is 5.75 Å². The molecule has 0 saturated carbocycles. The first-order valence-corrected chi connectivity index (χ1v) is 7.03. The van der Waals surface area contributed by atoms with Crippen molar-refractivity contribution in [3.05, 3.63) is 29.3 Å². The van der Waals surface area contributed by atoms with Crippen LogP contribution in [0, 0.1) is 6.92 Å². The van der Waals surface area contributed by atoms with Crippen molar-refractivity contribution in [2.24, 2.45) is 5.73 Å². The molecule has 108 valence electrons. The van der Waals surface area contributed by atoms with Gasteiger partial charge in [0.2, 0.25) is 0 Å². The summed E-state index contributed by atoms with van der Waals surface area (Å²) in [6, 6.07) is 6.11. The molecule has 0 bridgehead atoms. The molecule has 1 rings (SSSR count). The summed E-state index contributed by atoms with van der Waals surface area (Å²) in [6.45, 7) is 12.8. The molecule has 0 aliphatic rings. The SMILES string of the molecule is CCN(CC)C(C)(C)C(N)c1cc(C)ccc1OC. The maximum absolute atomic E-state index is 6.55. The standard InChI is InChI=1S/C16H28N2O/c1-7-18(8-2)16(4,5)15(17)13-11-12(3)9-10-14(13)19-6/h9-11,15H,7-8,17H2,1-6H3. The highest BCUT2D eigenvalue weighted by Crippen LogP contribution is 2.34. The number of likely N-dealkylation sites (N-methyl/N-ethyl adjacent to an activating group) is 1. The van der Waals surface area contributed by atoms with Crippen LogP contribution in [0.15, 0.2) is 18.2 Å². The van der Waals surface area contributed by atoms with E-state index >= 15 is 0 Å². The predicted octanol–water partition coefficient (Wildman–Crippen LogP) is 3.12. The molecular formula is C16H28N2O. The Morgan fingerprint density at radius 1 is 1.26 bits per heavy atom. The molecule has 0 aliphatic carbocycles.